The summed E-state index contributed by atoms with van der Waals surface area (Å²) in [4.78, 5) is 0. The fourth-order valence-electron chi connectivity index (χ4n) is 3.21. The zero-order valence-electron chi connectivity index (χ0n) is 11.1. The van der Waals surface area contributed by atoms with Crippen molar-refractivity contribution >= 4 is 0 Å². The number of hydrogen-bond acceptors (Lipinski definition) is 2. The summed E-state index contributed by atoms with van der Waals surface area (Å²) < 4.78 is 5.11. The predicted molar refractivity (Wildman–Crippen MR) is 68.7 cm³/mol. The highest BCUT2D eigenvalue weighted by Crippen LogP contribution is 2.48. The van der Waals surface area contributed by atoms with Crippen LogP contribution in [0.1, 0.15) is 45.6 Å². The van der Waals surface area contributed by atoms with Crippen LogP contribution in [0.2, 0.25) is 0 Å². The van der Waals surface area contributed by atoms with Crippen molar-refractivity contribution in [2.75, 3.05) is 0 Å². The molecule has 1 fully saturated rings. The molecule has 96 valence electrons. The average molecular weight is 236 g/mol. The van der Waals surface area contributed by atoms with E-state index in [4.69, 9.17) is 4.42 Å². The fourth-order valence-corrected chi connectivity index (χ4v) is 3.21. The van der Waals surface area contributed by atoms with Gasteiger partial charge in [0.05, 0.1) is 18.6 Å². The first-order chi connectivity index (χ1) is 8.04. The number of aryl methyl sites for hydroxylation is 1. The first-order valence-electron chi connectivity index (χ1n) is 6.73. The van der Waals surface area contributed by atoms with E-state index >= 15 is 0 Å². The molecular weight excluding hydrogens is 212 g/mol. The molecule has 0 bridgehead atoms. The van der Waals surface area contributed by atoms with Crippen LogP contribution in [-0.2, 0) is 6.42 Å². The molecule has 2 nitrogen and oxygen atoms in total. The van der Waals surface area contributed by atoms with Gasteiger partial charge in [0.15, 0.2) is 0 Å². The van der Waals surface area contributed by atoms with E-state index in [1.807, 2.05) is 12.3 Å². The van der Waals surface area contributed by atoms with E-state index < -0.39 is 0 Å². The molecule has 0 amide bonds. The molecule has 1 aliphatic carbocycles. The lowest BCUT2D eigenvalue weighted by molar-refractivity contribution is -0.0469. The molecule has 0 aromatic carbocycles. The third kappa shape index (κ3) is 2.42. The fraction of sp³-hybridized carbons (Fsp3) is 0.733. The molecule has 1 aliphatic rings. The maximum Gasteiger partial charge on any atom is 0.0934 e. The van der Waals surface area contributed by atoms with Crippen LogP contribution in [0, 0.1) is 17.3 Å². The predicted octanol–water partition coefficient (Wildman–Crippen LogP) is 3.65. The summed E-state index contributed by atoms with van der Waals surface area (Å²) in [6.45, 7) is 6.87. The molecule has 0 aliphatic heterocycles. The maximum atomic E-state index is 10.1. The first-order valence-corrected chi connectivity index (χ1v) is 6.73. The summed E-state index contributed by atoms with van der Waals surface area (Å²) in [5.41, 5.74) is 1.51. The van der Waals surface area contributed by atoms with Crippen molar-refractivity contribution in [2.24, 2.45) is 17.3 Å². The van der Waals surface area contributed by atoms with Crippen molar-refractivity contribution in [3.63, 3.8) is 0 Å². The third-order valence-corrected chi connectivity index (χ3v) is 5.17. The van der Waals surface area contributed by atoms with E-state index in [0.29, 0.717) is 11.8 Å². The minimum Gasteiger partial charge on any atom is -0.472 e. The topological polar surface area (TPSA) is 33.4 Å². The molecule has 17 heavy (non-hydrogen) atoms. The number of aliphatic hydroxyl groups is 1. The lowest BCUT2D eigenvalue weighted by atomic mass is 9.59. The highest BCUT2D eigenvalue weighted by atomic mass is 16.3. The molecule has 0 saturated heterocycles. The summed E-state index contributed by atoms with van der Waals surface area (Å²) in [7, 11) is 0. The molecule has 1 N–H and O–H groups in total. The highest BCUT2D eigenvalue weighted by Gasteiger charge is 2.43. The normalized spacial score (nSPS) is 38.2. The third-order valence-electron chi connectivity index (χ3n) is 5.17. The van der Waals surface area contributed by atoms with Gasteiger partial charge in [-0.1, -0.05) is 20.8 Å². The van der Waals surface area contributed by atoms with E-state index in [2.05, 4.69) is 20.8 Å². The number of aliphatic hydroxyl groups excluding tert-OH is 1. The van der Waals surface area contributed by atoms with Crippen molar-refractivity contribution in [1.82, 2.24) is 0 Å². The van der Waals surface area contributed by atoms with Gasteiger partial charge in [-0.25, -0.2) is 0 Å². The van der Waals surface area contributed by atoms with Gasteiger partial charge < -0.3 is 9.52 Å². The molecule has 2 rings (SSSR count). The van der Waals surface area contributed by atoms with E-state index in [1.165, 1.54) is 5.56 Å². The Kier molecular flexibility index (Phi) is 3.62. The lowest BCUT2D eigenvalue weighted by Crippen LogP contribution is -2.44. The van der Waals surface area contributed by atoms with Gasteiger partial charge in [-0.3, -0.25) is 0 Å². The quantitative estimate of drug-likeness (QED) is 0.869. The van der Waals surface area contributed by atoms with Crippen LogP contribution in [0.4, 0.5) is 0 Å². The molecule has 4 atom stereocenters. The Bertz CT molecular complexity index is 344. The van der Waals surface area contributed by atoms with Gasteiger partial charge in [-0.05, 0) is 54.6 Å². The molecule has 1 aromatic heterocycles. The molecular formula is C15H24O2. The molecule has 0 radical (unpaired) electrons. The smallest absolute Gasteiger partial charge is 0.0934 e. The van der Waals surface area contributed by atoms with Crippen molar-refractivity contribution in [2.45, 2.75) is 52.6 Å². The number of rotatable bonds is 3. The van der Waals surface area contributed by atoms with E-state index in [9.17, 15) is 5.11 Å². The molecule has 1 heterocycles. The van der Waals surface area contributed by atoms with Crippen molar-refractivity contribution < 1.29 is 9.52 Å². The Balaban J connectivity index is 2.04. The van der Waals surface area contributed by atoms with E-state index in [-0.39, 0.29) is 11.5 Å². The van der Waals surface area contributed by atoms with Crippen LogP contribution in [-0.4, -0.2) is 11.2 Å². The van der Waals surface area contributed by atoms with Crippen LogP contribution in [0.25, 0.3) is 0 Å². The van der Waals surface area contributed by atoms with Gasteiger partial charge in [0.25, 0.3) is 0 Å². The highest BCUT2D eigenvalue weighted by molar-refractivity contribution is 5.07. The van der Waals surface area contributed by atoms with Crippen LogP contribution >= 0.6 is 0 Å². The van der Waals surface area contributed by atoms with Crippen molar-refractivity contribution in [3.8, 4) is 0 Å². The van der Waals surface area contributed by atoms with Gasteiger partial charge in [0, 0.05) is 0 Å². The van der Waals surface area contributed by atoms with Crippen LogP contribution in [0.15, 0.2) is 23.0 Å². The van der Waals surface area contributed by atoms with Gasteiger partial charge >= 0.3 is 0 Å². The van der Waals surface area contributed by atoms with Gasteiger partial charge in [0.2, 0.25) is 0 Å². The van der Waals surface area contributed by atoms with Crippen molar-refractivity contribution in [3.05, 3.63) is 24.2 Å². The van der Waals surface area contributed by atoms with E-state index in [1.54, 1.807) is 6.26 Å². The Hall–Kier alpha value is -0.760. The maximum absolute atomic E-state index is 10.1. The van der Waals surface area contributed by atoms with Gasteiger partial charge in [-0.15, -0.1) is 0 Å². The summed E-state index contributed by atoms with van der Waals surface area (Å²) in [6.07, 6.45) is 7.73. The minimum atomic E-state index is -0.124. The number of hydrogen-bond donors (Lipinski definition) is 1. The minimum absolute atomic E-state index is 0.124. The average Bonchev–Trinajstić information content (AvgIpc) is 2.82. The molecule has 1 aromatic rings. The van der Waals surface area contributed by atoms with Gasteiger partial charge in [-0.2, -0.15) is 0 Å². The van der Waals surface area contributed by atoms with Crippen LogP contribution in [0.3, 0.4) is 0 Å². The van der Waals surface area contributed by atoms with E-state index in [0.717, 1.165) is 25.7 Å². The second-order valence-electron chi connectivity index (χ2n) is 5.97. The van der Waals surface area contributed by atoms with Gasteiger partial charge in [0.1, 0.15) is 0 Å². The summed E-state index contributed by atoms with van der Waals surface area (Å²) in [5.74, 6) is 1.07. The van der Waals surface area contributed by atoms with Crippen LogP contribution in [0.5, 0.6) is 0 Å². The van der Waals surface area contributed by atoms with Crippen molar-refractivity contribution in [1.29, 1.82) is 0 Å². The summed E-state index contributed by atoms with van der Waals surface area (Å²) in [5, 5.41) is 10.1. The second-order valence-corrected chi connectivity index (χ2v) is 5.97. The largest absolute Gasteiger partial charge is 0.472 e. The zero-order chi connectivity index (χ0) is 12.5. The molecule has 2 heteroatoms. The molecule has 0 spiro atoms. The number of furan rings is 1. The standard InChI is InChI=1S/C15H24O2/c1-11-4-5-14(16)12(2)15(11,3)8-6-13-7-9-17-10-13/h7,9-12,14,16H,4-6,8H2,1-3H3. The second kappa shape index (κ2) is 4.85. The Morgan fingerprint density at radius 2 is 2.18 bits per heavy atom. The Morgan fingerprint density at radius 1 is 1.41 bits per heavy atom. The Labute approximate surface area is 104 Å². The van der Waals surface area contributed by atoms with Crippen LogP contribution < -0.4 is 0 Å². The Morgan fingerprint density at radius 3 is 2.82 bits per heavy atom. The lowest BCUT2D eigenvalue weighted by Gasteiger charge is -2.47. The molecule has 1 saturated carbocycles. The summed E-state index contributed by atoms with van der Waals surface area (Å²) in [6, 6.07) is 2.04. The summed E-state index contributed by atoms with van der Waals surface area (Å²) >= 11 is 0. The SMILES string of the molecule is CC1CCC(O)C(C)C1(C)CCc1ccoc1. The zero-order valence-corrected chi connectivity index (χ0v) is 11.1. The monoisotopic (exact) mass is 236 g/mol. The first kappa shape index (κ1) is 12.7. The molecule has 4 unspecified atom stereocenters.